The molecule has 3 unspecified atom stereocenters. The van der Waals surface area contributed by atoms with Crippen molar-refractivity contribution in [2.75, 3.05) is 0 Å². The second-order valence-corrected chi connectivity index (χ2v) is 6.11. The lowest BCUT2D eigenvalue weighted by molar-refractivity contribution is 0.153. The minimum absolute atomic E-state index is 0.241. The molecule has 1 heteroatoms. The smallest absolute Gasteiger partial charge is 0.0572 e. The van der Waals surface area contributed by atoms with Crippen molar-refractivity contribution >= 4 is 0 Å². The molecule has 0 spiro atoms. The molecule has 1 saturated carbocycles. The monoisotopic (exact) mass is 210 g/mol. The zero-order valence-corrected chi connectivity index (χ0v) is 10.9. The Labute approximate surface area is 94.6 Å². The Kier molecular flexibility index (Phi) is 3.65. The van der Waals surface area contributed by atoms with Crippen molar-refractivity contribution in [3.05, 3.63) is 12.2 Å². The Balaban J connectivity index is 2.72. The molecule has 0 aromatic carbocycles. The van der Waals surface area contributed by atoms with Gasteiger partial charge in [-0.05, 0) is 36.5 Å². The molecule has 0 bridgehead atoms. The van der Waals surface area contributed by atoms with Crippen molar-refractivity contribution in [3.63, 3.8) is 0 Å². The fourth-order valence-corrected chi connectivity index (χ4v) is 2.36. The quantitative estimate of drug-likeness (QED) is 0.703. The Hall–Kier alpha value is -0.300. The van der Waals surface area contributed by atoms with Crippen LogP contribution in [0.15, 0.2) is 12.2 Å². The molecule has 0 amide bonds. The van der Waals surface area contributed by atoms with E-state index in [-0.39, 0.29) is 12.0 Å². The summed E-state index contributed by atoms with van der Waals surface area (Å²) in [5, 5.41) is 9.46. The Morgan fingerprint density at radius 3 is 2.13 bits per heavy atom. The zero-order chi connectivity index (χ0) is 11.7. The van der Waals surface area contributed by atoms with E-state index >= 15 is 0 Å². The average molecular weight is 210 g/mol. The van der Waals surface area contributed by atoms with Gasteiger partial charge in [-0.1, -0.05) is 46.3 Å². The van der Waals surface area contributed by atoms with Gasteiger partial charge in [-0.3, -0.25) is 0 Å². The molecule has 0 aromatic heterocycles. The third kappa shape index (κ3) is 2.63. The number of aliphatic hydroxyl groups excluding tert-OH is 1. The van der Waals surface area contributed by atoms with Crippen molar-refractivity contribution in [3.8, 4) is 0 Å². The summed E-state index contributed by atoms with van der Waals surface area (Å²) >= 11 is 0. The summed E-state index contributed by atoms with van der Waals surface area (Å²) in [4.78, 5) is 0. The van der Waals surface area contributed by atoms with E-state index in [1.807, 2.05) is 6.92 Å². The maximum absolute atomic E-state index is 9.46. The molecule has 0 aliphatic heterocycles. The molecule has 0 aromatic rings. The van der Waals surface area contributed by atoms with Crippen LogP contribution in [0.2, 0.25) is 0 Å². The van der Waals surface area contributed by atoms with Gasteiger partial charge >= 0.3 is 0 Å². The third-order valence-corrected chi connectivity index (χ3v) is 4.57. The topological polar surface area (TPSA) is 20.2 Å². The molecule has 1 fully saturated rings. The molecule has 0 radical (unpaired) electrons. The Morgan fingerprint density at radius 2 is 1.73 bits per heavy atom. The standard InChI is InChI=1S/C14H26O/c1-11(12(2)15)7-10-14(5)9-6-8-13(14,3)4/h7,10-12,15H,6,8-9H2,1-5H3. The van der Waals surface area contributed by atoms with Crippen LogP contribution >= 0.6 is 0 Å². The van der Waals surface area contributed by atoms with E-state index in [2.05, 4.69) is 39.8 Å². The third-order valence-electron chi connectivity index (χ3n) is 4.57. The number of aliphatic hydroxyl groups is 1. The zero-order valence-electron chi connectivity index (χ0n) is 10.9. The lowest BCUT2D eigenvalue weighted by atomic mass is 9.69. The first kappa shape index (κ1) is 12.8. The molecular formula is C14H26O. The van der Waals surface area contributed by atoms with Gasteiger partial charge in [0.25, 0.3) is 0 Å². The summed E-state index contributed by atoms with van der Waals surface area (Å²) in [7, 11) is 0. The Bertz CT molecular complexity index is 240. The van der Waals surface area contributed by atoms with E-state index in [1.54, 1.807) is 0 Å². The minimum Gasteiger partial charge on any atom is -0.393 e. The molecule has 1 aliphatic rings. The number of hydrogen-bond acceptors (Lipinski definition) is 1. The van der Waals surface area contributed by atoms with Gasteiger partial charge in [0.2, 0.25) is 0 Å². The molecule has 3 atom stereocenters. The fourth-order valence-electron chi connectivity index (χ4n) is 2.36. The summed E-state index contributed by atoms with van der Waals surface area (Å²) in [6, 6.07) is 0. The largest absolute Gasteiger partial charge is 0.393 e. The number of hydrogen-bond donors (Lipinski definition) is 1. The van der Waals surface area contributed by atoms with Gasteiger partial charge in [-0.2, -0.15) is 0 Å². The van der Waals surface area contributed by atoms with Gasteiger partial charge in [0.15, 0.2) is 0 Å². The predicted octanol–water partition coefficient (Wildman–Crippen LogP) is 3.78. The second-order valence-electron chi connectivity index (χ2n) is 6.11. The van der Waals surface area contributed by atoms with Crippen LogP contribution < -0.4 is 0 Å². The van der Waals surface area contributed by atoms with Crippen molar-refractivity contribution in [2.45, 2.75) is 60.0 Å². The van der Waals surface area contributed by atoms with E-state index in [0.29, 0.717) is 10.8 Å². The van der Waals surface area contributed by atoms with E-state index in [9.17, 15) is 5.11 Å². The van der Waals surface area contributed by atoms with Crippen LogP contribution in [0.3, 0.4) is 0 Å². The average Bonchev–Trinajstić information content (AvgIpc) is 2.38. The molecule has 0 saturated heterocycles. The first-order valence-corrected chi connectivity index (χ1v) is 6.16. The summed E-state index contributed by atoms with van der Waals surface area (Å²) < 4.78 is 0. The molecule has 0 heterocycles. The van der Waals surface area contributed by atoms with Gasteiger partial charge < -0.3 is 5.11 Å². The molecule has 15 heavy (non-hydrogen) atoms. The summed E-state index contributed by atoms with van der Waals surface area (Å²) in [6.07, 6.45) is 8.22. The minimum atomic E-state index is -0.241. The van der Waals surface area contributed by atoms with E-state index < -0.39 is 0 Å². The normalized spacial score (nSPS) is 34.5. The highest BCUT2D eigenvalue weighted by atomic mass is 16.3. The van der Waals surface area contributed by atoms with Gasteiger partial charge in [0, 0.05) is 0 Å². The molecule has 1 nitrogen and oxygen atoms in total. The molecule has 1 rings (SSSR count). The van der Waals surface area contributed by atoms with Crippen LogP contribution in [0.25, 0.3) is 0 Å². The van der Waals surface area contributed by atoms with E-state index in [4.69, 9.17) is 0 Å². The first-order chi connectivity index (χ1) is 6.78. The summed E-state index contributed by atoms with van der Waals surface area (Å²) in [5.74, 6) is 0.262. The van der Waals surface area contributed by atoms with Gasteiger partial charge in [-0.25, -0.2) is 0 Å². The highest BCUT2D eigenvalue weighted by Gasteiger charge is 2.42. The molecular weight excluding hydrogens is 184 g/mol. The van der Waals surface area contributed by atoms with Crippen molar-refractivity contribution in [1.82, 2.24) is 0 Å². The highest BCUT2D eigenvalue weighted by molar-refractivity contribution is 5.09. The predicted molar refractivity (Wildman–Crippen MR) is 65.7 cm³/mol. The lowest BCUT2D eigenvalue weighted by Crippen LogP contribution is -2.27. The van der Waals surface area contributed by atoms with Crippen molar-refractivity contribution in [2.24, 2.45) is 16.7 Å². The molecule has 1 aliphatic carbocycles. The van der Waals surface area contributed by atoms with Crippen LogP contribution in [-0.4, -0.2) is 11.2 Å². The van der Waals surface area contributed by atoms with Gasteiger partial charge in [0.1, 0.15) is 0 Å². The van der Waals surface area contributed by atoms with Gasteiger partial charge in [-0.15, -0.1) is 0 Å². The summed E-state index contributed by atoms with van der Waals surface area (Å²) in [6.45, 7) is 11.0. The van der Waals surface area contributed by atoms with E-state index in [0.717, 1.165) is 0 Å². The van der Waals surface area contributed by atoms with Crippen LogP contribution in [0.4, 0.5) is 0 Å². The summed E-state index contributed by atoms with van der Waals surface area (Å²) in [5.41, 5.74) is 0.720. The van der Waals surface area contributed by atoms with Crippen molar-refractivity contribution < 1.29 is 5.11 Å². The van der Waals surface area contributed by atoms with E-state index in [1.165, 1.54) is 19.3 Å². The highest BCUT2D eigenvalue weighted by Crippen LogP contribution is 2.53. The number of rotatable bonds is 3. The van der Waals surface area contributed by atoms with Crippen LogP contribution in [-0.2, 0) is 0 Å². The molecule has 1 N–H and O–H groups in total. The lowest BCUT2D eigenvalue weighted by Gasteiger charge is -2.36. The number of allylic oxidation sites excluding steroid dienone is 1. The Morgan fingerprint density at radius 1 is 1.13 bits per heavy atom. The van der Waals surface area contributed by atoms with Crippen LogP contribution in [0.5, 0.6) is 0 Å². The second kappa shape index (κ2) is 4.29. The van der Waals surface area contributed by atoms with Crippen LogP contribution in [0, 0.1) is 16.7 Å². The van der Waals surface area contributed by atoms with Gasteiger partial charge in [0.05, 0.1) is 6.10 Å². The maximum Gasteiger partial charge on any atom is 0.0572 e. The van der Waals surface area contributed by atoms with Crippen LogP contribution in [0.1, 0.15) is 53.9 Å². The fraction of sp³-hybridized carbons (Fsp3) is 0.857. The SMILES string of the molecule is CC(O)C(C)C=CC1(C)CCCC1(C)C. The molecule has 88 valence electrons. The van der Waals surface area contributed by atoms with Crippen molar-refractivity contribution in [1.29, 1.82) is 0 Å². The first-order valence-electron chi connectivity index (χ1n) is 6.16. The maximum atomic E-state index is 9.46.